The topological polar surface area (TPSA) is 44.8 Å². The SMILES string of the molecule is O=C(NCCc1cc(Cl)cc(Cl)c1)N1CCN(CC2CCCO2)CC1. The first-order valence-corrected chi connectivity index (χ1v) is 9.67. The number of benzene rings is 1. The van der Waals surface area contributed by atoms with Crippen molar-refractivity contribution < 1.29 is 9.53 Å². The summed E-state index contributed by atoms with van der Waals surface area (Å²) in [6, 6.07) is 5.47. The van der Waals surface area contributed by atoms with E-state index >= 15 is 0 Å². The van der Waals surface area contributed by atoms with E-state index in [-0.39, 0.29) is 6.03 Å². The number of carbonyl (C=O) groups is 1. The van der Waals surface area contributed by atoms with E-state index in [1.165, 1.54) is 6.42 Å². The van der Waals surface area contributed by atoms with Crippen molar-refractivity contribution in [2.45, 2.75) is 25.4 Å². The maximum Gasteiger partial charge on any atom is 0.317 e. The number of amides is 2. The molecule has 1 unspecified atom stereocenters. The lowest BCUT2D eigenvalue weighted by atomic mass is 10.1. The lowest BCUT2D eigenvalue weighted by Crippen LogP contribution is -2.53. The summed E-state index contributed by atoms with van der Waals surface area (Å²) in [5, 5.41) is 4.23. The first-order valence-electron chi connectivity index (χ1n) is 8.92. The Morgan fingerprint density at radius 1 is 1.16 bits per heavy atom. The average molecular weight is 386 g/mol. The number of hydrogen-bond acceptors (Lipinski definition) is 3. The van der Waals surface area contributed by atoms with Crippen LogP contribution in [0.1, 0.15) is 18.4 Å². The molecule has 2 amide bonds. The van der Waals surface area contributed by atoms with Gasteiger partial charge in [-0.25, -0.2) is 4.79 Å². The van der Waals surface area contributed by atoms with Crippen LogP contribution in [0, 0.1) is 0 Å². The highest BCUT2D eigenvalue weighted by molar-refractivity contribution is 6.34. The van der Waals surface area contributed by atoms with Gasteiger partial charge in [0.2, 0.25) is 0 Å². The summed E-state index contributed by atoms with van der Waals surface area (Å²) >= 11 is 12.0. The van der Waals surface area contributed by atoms with Gasteiger partial charge in [0.25, 0.3) is 0 Å². The summed E-state index contributed by atoms with van der Waals surface area (Å²) < 4.78 is 5.69. The van der Waals surface area contributed by atoms with Crippen LogP contribution in [0.15, 0.2) is 18.2 Å². The Hall–Kier alpha value is -1.01. The van der Waals surface area contributed by atoms with Crippen molar-refractivity contribution in [3.8, 4) is 0 Å². The first kappa shape index (κ1) is 18.8. The lowest BCUT2D eigenvalue weighted by Gasteiger charge is -2.35. The van der Waals surface area contributed by atoms with Crippen molar-refractivity contribution in [2.24, 2.45) is 0 Å². The molecule has 1 aromatic rings. The van der Waals surface area contributed by atoms with Gasteiger partial charge in [0.1, 0.15) is 0 Å². The van der Waals surface area contributed by atoms with Gasteiger partial charge in [-0.05, 0) is 43.0 Å². The molecule has 3 rings (SSSR count). The van der Waals surface area contributed by atoms with E-state index in [4.69, 9.17) is 27.9 Å². The number of piperazine rings is 1. The van der Waals surface area contributed by atoms with E-state index < -0.39 is 0 Å². The third-order valence-corrected chi connectivity index (χ3v) is 5.19. The van der Waals surface area contributed by atoms with Gasteiger partial charge >= 0.3 is 6.03 Å². The Bertz CT molecular complexity index is 565. The van der Waals surface area contributed by atoms with E-state index in [1.54, 1.807) is 6.07 Å². The minimum absolute atomic E-state index is 0.00453. The molecule has 0 aliphatic carbocycles. The second kappa shape index (κ2) is 9.08. The van der Waals surface area contributed by atoms with Gasteiger partial charge in [-0.1, -0.05) is 23.2 Å². The highest BCUT2D eigenvalue weighted by Gasteiger charge is 2.24. The van der Waals surface area contributed by atoms with E-state index in [2.05, 4.69) is 10.2 Å². The third-order valence-electron chi connectivity index (χ3n) is 4.76. The van der Waals surface area contributed by atoms with Crippen LogP contribution in [0.2, 0.25) is 10.0 Å². The van der Waals surface area contributed by atoms with Crippen LogP contribution < -0.4 is 5.32 Å². The Balaban J connectivity index is 1.36. The molecule has 2 fully saturated rings. The monoisotopic (exact) mass is 385 g/mol. The Labute approximate surface area is 159 Å². The van der Waals surface area contributed by atoms with Crippen molar-refractivity contribution in [3.63, 3.8) is 0 Å². The summed E-state index contributed by atoms with van der Waals surface area (Å²) in [6.45, 7) is 5.82. The second-order valence-corrected chi connectivity index (χ2v) is 7.56. The molecule has 1 N–H and O–H groups in total. The number of halogens is 2. The number of nitrogens with zero attached hydrogens (tertiary/aromatic N) is 2. The molecule has 2 aliphatic heterocycles. The van der Waals surface area contributed by atoms with Crippen molar-refractivity contribution in [1.29, 1.82) is 0 Å². The van der Waals surface area contributed by atoms with E-state index in [1.807, 2.05) is 17.0 Å². The Morgan fingerprint density at radius 3 is 2.52 bits per heavy atom. The van der Waals surface area contributed by atoms with Crippen LogP contribution in [0.3, 0.4) is 0 Å². The molecule has 7 heteroatoms. The van der Waals surface area contributed by atoms with Gasteiger partial charge in [0.15, 0.2) is 0 Å². The van der Waals surface area contributed by atoms with E-state index in [0.717, 1.165) is 51.3 Å². The zero-order valence-corrected chi connectivity index (χ0v) is 15.9. The molecule has 2 saturated heterocycles. The fraction of sp³-hybridized carbons (Fsp3) is 0.611. The van der Waals surface area contributed by atoms with Crippen molar-refractivity contribution in [2.75, 3.05) is 45.9 Å². The molecule has 2 aliphatic rings. The van der Waals surface area contributed by atoms with Gasteiger partial charge in [-0.2, -0.15) is 0 Å². The highest BCUT2D eigenvalue weighted by Crippen LogP contribution is 2.19. The van der Waals surface area contributed by atoms with Crippen LogP contribution in [0.25, 0.3) is 0 Å². The molecule has 0 bridgehead atoms. The molecule has 0 aromatic heterocycles. The molecule has 1 aromatic carbocycles. The van der Waals surface area contributed by atoms with Crippen molar-refractivity contribution >= 4 is 29.2 Å². The molecule has 1 atom stereocenters. The fourth-order valence-corrected chi connectivity index (χ4v) is 3.96. The van der Waals surface area contributed by atoms with Crippen LogP contribution in [-0.4, -0.2) is 67.8 Å². The van der Waals surface area contributed by atoms with Crippen molar-refractivity contribution in [1.82, 2.24) is 15.1 Å². The summed E-state index contributed by atoms with van der Waals surface area (Å²) in [4.78, 5) is 16.6. The van der Waals surface area contributed by atoms with Gasteiger partial charge < -0.3 is 15.0 Å². The number of nitrogens with one attached hydrogen (secondary N) is 1. The quantitative estimate of drug-likeness (QED) is 0.846. The van der Waals surface area contributed by atoms with Crippen molar-refractivity contribution in [3.05, 3.63) is 33.8 Å². The van der Waals surface area contributed by atoms with Crippen LogP contribution in [-0.2, 0) is 11.2 Å². The van der Waals surface area contributed by atoms with Gasteiger partial charge in [-0.15, -0.1) is 0 Å². The Kier molecular flexibility index (Phi) is 6.82. The normalized spacial score (nSPS) is 21.5. The van der Waals surface area contributed by atoms with Crippen LogP contribution in [0.5, 0.6) is 0 Å². The number of urea groups is 1. The molecule has 0 spiro atoms. The smallest absolute Gasteiger partial charge is 0.317 e. The summed E-state index contributed by atoms with van der Waals surface area (Å²) in [7, 11) is 0. The molecular formula is C18H25Cl2N3O2. The molecule has 0 saturated carbocycles. The van der Waals surface area contributed by atoms with Gasteiger partial charge in [0.05, 0.1) is 6.10 Å². The molecule has 138 valence electrons. The van der Waals surface area contributed by atoms with E-state index in [9.17, 15) is 4.79 Å². The first-order chi connectivity index (χ1) is 12.1. The largest absolute Gasteiger partial charge is 0.377 e. The van der Waals surface area contributed by atoms with Gasteiger partial charge in [-0.3, -0.25) is 4.90 Å². The fourth-order valence-electron chi connectivity index (χ4n) is 3.39. The Morgan fingerprint density at radius 2 is 1.88 bits per heavy atom. The minimum atomic E-state index is 0.00453. The number of ether oxygens (including phenoxy) is 1. The maximum atomic E-state index is 12.3. The lowest BCUT2D eigenvalue weighted by molar-refractivity contribution is 0.0561. The summed E-state index contributed by atoms with van der Waals surface area (Å²) in [5.74, 6) is 0. The summed E-state index contributed by atoms with van der Waals surface area (Å²) in [5.41, 5.74) is 1.03. The maximum absolute atomic E-state index is 12.3. The molecule has 2 heterocycles. The number of hydrogen-bond donors (Lipinski definition) is 1. The third kappa shape index (κ3) is 5.74. The molecule has 0 radical (unpaired) electrons. The zero-order chi connectivity index (χ0) is 17.6. The number of rotatable bonds is 5. The van der Waals surface area contributed by atoms with Gasteiger partial charge in [0, 0.05) is 55.9 Å². The van der Waals surface area contributed by atoms with Crippen LogP contribution in [0.4, 0.5) is 4.79 Å². The molecular weight excluding hydrogens is 361 g/mol. The average Bonchev–Trinajstić information content (AvgIpc) is 3.07. The predicted molar refractivity (Wildman–Crippen MR) is 101 cm³/mol. The standard InChI is InChI=1S/C18H25Cl2N3O2/c19-15-10-14(11-16(20)12-15)3-4-21-18(24)23-7-5-22(6-8-23)13-17-2-1-9-25-17/h10-12,17H,1-9,13H2,(H,21,24). The molecule has 25 heavy (non-hydrogen) atoms. The summed E-state index contributed by atoms with van der Waals surface area (Å²) in [6.07, 6.45) is 3.43. The van der Waals surface area contributed by atoms with E-state index in [0.29, 0.717) is 29.1 Å². The van der Waals surface area contributed by atoms with Crippen LogP contribution >= 0.6 is 23.2 Å². The highest BCUT2D eigenvalue weighted by atomic mass is 35.5. The zero-order valence-electron chi connectivity index (χ0n) is 14.3. The minimum Gasteiger partial charge on any atom is -0.377 e. The molecule has 5 nitrogen and oxygen atoms in total. The predicted octanol–water partition coefficient (Wildman–Crippen LogP) is 3.04. The second-order valence-electron chi connectivity index (χ2n) is 6.68. The number of carbonyl (C=O) groups excluding carboxylic acids is 1.